The minimum absolute atomic E-state index is 0.177. The third-order valence-electron chi connectivity index (χ3n) is 2.79. The number of nitrogens with zero attached hydrogens (tertiary/aromatic N) is 4. The Bertz CT molecular complexity index is 618. The van der Waals surface area contributed by atoms with Crippen molar-refractivity contribution in [2.75, 3.05) is 6.54 Å². The van der Waals surface area contributed by atoms with E-state index in [1.54, 1.807) is 0 Å². The van der Waals surface area contributed by atoms with Crippen molar-refractivity contribution in [3.8, 4) is 0 Å². The third-order valence-corrected chi connectivity index (χ3v) is 2.79. The molecule has 0 saturated carbocycles. The first-order valence-electron chi connectivity index (χ1n) is 5.38. The first-order chi connectivity index (χ1) is 9.04. The number of aromatic amines is 1. The third kappa shape index (κ3) is 2.51. The number of aliphatic hydroxyl groups is 2. The van der Waals surface area contributed by atoms with E-state index in [-0.39, 0.29) is 6.54 Å². The molecule has 10 nitrogen and oxygen atoms in total. The van der Waals surface area contributed by atoms with E-state index in [0.717, 1.165) is 16.8 Å². The first kappa shape index (κ1) is 13.3. The lowest BCUT2D eigenvalue weighted by Gasteiger charge is -2.16. The van der Waals surface area contributed by atoms with Gasteiger partial charge in [0.2, 0.25) is 0 Å². The fourth-order valence-corrected chi connectivity index (χ4v) is 1.85. The summed E-state index contributed by atoms with van der Waals surface area (Å²) < 4.78 is 6.22. The van der Waals surface area contributed by atoms with Crippen LogP contribution in [0.2, 0.25) is 0 Å². The van der Waals surface area contributed by atoms with Gasteiger partial charge in [-0.2, -0.15) is 0 Å². The molecule has 0 aromatic carbocycles. The average Bonchev–Trinajstić information content (AvgIpc) is 2.64. The summed E-state index contributed by atoms with van der Waals surface area (Å²) in [5.74, 6) is 0. The van der Waals surface area contributed by atoms with Crippen LogP contribution in [0.25, 0.3) is 10.4 Å². The molecule has 1 aliphatic heterocycles. The van der Waals surface area contributed by atoms with Crippen molar-refractivity contribution in [3.63, 3.8) is 0 Å². The monoisotopic (exact) mass is 269 g/mol. The highest BCUT2D eigenvalue weighted by molar-refractivity contribution is 4.93. The fourth-order valence-electron chi connectivity index (χ4n) is 1.85. The fraction of sp³-hybridized carbons (Fsp3) is 0.556. The van der Waals surface area contributed by atoms with Gasteiger partial charge in [-0.05, 0) is 5.53 Å². The Hall–Kier alpha value is -2.13. The molecule has 0 unspecified atom stereocenters. The normalized spacial score (nSPS) is 30.0. The lowest BCUT2D eigenvalue weighted by atomic mass is 10.1. The highest BCUT2D eigenvalue weighted by atomic mass is 16.6. The smallest absolute Gasteiger partial charge is 0.330 e. The number of hydrogen-bond acceptors (Lipinski definition) is 6. The molecule has 0 spiro atoms. The highest BCUT2D eigenvalue weighted by Crippen LogP contribution is 2.28. The van der Waals surface area contributed by atoms with Crippen LogP contribution in [0, 0.1) is 0 Å². The van der Waals surface area contributed by atoms with Crippen molar-refractivity contribution >= 4 is 0 Å². The first-order valence-corrected chi connectivity index (χ1v) is 5.38. The second-order valence-corrected chi connectivity index (χ2v) is 3.98. The predicted molar refractivity (Wildman–Crippen MR) is 61.3 cm³/mol. The summed E-state index contributed by atoms with van der Waals surface area (Å²) >= 11 is 0. The zero-order valence-corrected chi connectivity index (χ0v) is 9.58. The molecule has 3 N–H and O–H groups in total. The summed E-state index contributed by atoms with van der Waals surface area (Å²) in [6.45, 7) is -0.177. The van der Waals surface area contributed by atoms with Crippen molar-refractivity contribution in [2.45, 2.75) is 24.5 Å². The van der Waals surface area contributed by atoms with E-state index >= 15 is 0 Å². The lowest BCUT2D eigenvalue weighted by molar-refractivity contribution is -0.0372. The van der Waals surface area contributed by atoms with E-state index in [9.17, 15) is 19.8 Å². The minimum Gasteiger partial charge on any atom is -0.388 e. The number of H-pyrrole nitrogens is 1. The second kappa shape index (κ2) is 5.24. The van der Waals surface area contributed by atoms with Crippen LogP contribution in [0.4, 0.5) is 0 Å². The van der Waals surface area contributed by atoms with Gasteiger partial charge < -0.3 is 14.9 Å². The van der Waals surface area contributed by atoms with Gasteiger partial charge in [0.1, 0.15) is 12.2 Å². The number of aromatic nitrogens is 2. The van der Waals surface area contributed by atoms with Crippen molar-refractivity contribution < 1.29 is 14.9 Å². The molecule has 19 heavy (non-hydrogen) atoms. The summed E-state index contributed by atoms with van der Waals surface area (Å²) in [5, 5.41) is 22.8. The highest BCUT2D eigenvalue weighted by Gasteiger charge is 2.43. The summed E-state index contributed by atoms with van der Waals surface area (Å²) in [7, 11) is 0. The molecule has 2 rings (SSSR count). The number of azide groups is 1. The van der Waals surface area contributed by atoms with Crippen LogP contribution in [-0.2, 0) is 4.74 Å². The maximum atomic E-state index is 11.6. The predicted octanol–water partition coefficient (Wildman–Crippen LogP) is -1.53. The number of aliphatic hydroxyl groups excluding tert-OH is 2. The topological polar surface area (TPSA) is 153 Å². The van der Waals surface area contributed by atoms with E-state index in [1.807, 2.05) is 4.98 Å². The maximum absolute atomic E-state index is 11.6. The molecule has 2 heterocycles. The van der Waals surface area contributed by atoms with Crippen molar-refractivity contribution in [2.24, 2.45) is 5.11 Å². The van der Waals surface area contributed by atoms with Crippen LogP contribution >= 0.6 is 0 Å². The minimum atomic E-state index is -1.37. The van der Waals surface area contributed by atoms with Crippen LogP contribution in [0.3, 0.4) is 0 Å². The Morgan fingerprint density at radius 3 is 2.84 bits per heavy atom. The Balaban J connectivity index is 2.28. The molecule has 0 amide bonds. The molecule has 0 radical (unpaired) electrons. The SMILES string of the molecule is [N-]=[N+]=NC[C@H]1O[C@@H](n2ccc(=O)[nH]c2=O)[C@@H](O)[C@@H]1O. The van der Waals surface area contributed by atoms with E-state index in [1.165, 1.54) is 0 Å². The molecule has 102 valence electrons. The number of rotatable bonds is 3. The molecule has 1 aromatic heterocycles. The summed E-state index contributed by atoms with van der Waals surface area (Å²) in [4.78, 5) is 27.0. The zero-order chi connectivity index (χ0) is 14.0. The van der Waals surface area contributed by atoms with Crippen molar-refractivity contribution in [1.29, 1.82) is 0 Å². The maximum Gasteiger partial charge on any atom is 0.330 e. The Labute approximate surface area is 105 Å². The van der Waals surface area contributed by atoms with Gasteiger partial charge in [-0.1, -0.05) is 5.11 Å². The van der Waals surface area contributed by atoms with E-state index in [4.69, 9.17) is 10.3 Å². The largest absolute Gasteiger partial charge is 0.388 e. The lowest BCUT2D eigenvalue weighted by Crippen LogP contribution is -2.37. The number of ether oxygens (including phenoxy) is 1. The molecular formula is C9H11N5O5. The molecule has 0 bridgehead atoms. The number of nitrogens with one attached hydrogen (secondary N) is 1. The van der Waals surface area contributed by atoms with Gasteiger partial charge in [-0.25, -0.2) is 4.79 Å². The summed E-state index contributed by atoms with van der Waals surface area (Å²) in [6.07, 6.45) is -3.60. The van der Waals surface area contributed by atoms with Crippen LogP contribution in [0.15, 0.2) is 27.0 Å². The van der Waals surface area contributed by atoms with Crippen LogP contribution < -0.4 is 11.2 Å². The van der Waals surface area contributed by atoms with Gasteiger partial charge in [0, 0.05) is 17.2 Å². The summed E-state index contributed by atoms with van der Waals surface area (Å²) in [5.41, 5.74) is 6.85. The molecular weight excluding hydrogens is 258 g/mol. The van der Waals surface area contributed by atoms with Gasteiger partial charge in [0.25, 0.3) is 5.56 Å². The molecule has 1 aliphatic rings. The number of hydrogen-bond donors (Lipinski definition) is 3. The zero-order valence-electron chi connectivity index (χ0n) is 9.58. The van der Waals surface area contributed by atoms with Crippen LogP contribution in [0.5, 0.6) is 0 Å². The Kier molecular flexibility index (Phi) is 3.67. The Morgan fingerprint density at radius 1 is 1.47 bits per heavy atom. The molecule has 1 fully saturated rings. The molecule has 0 aliphatic carbocycles. The van der Waals surface area contributed by atoms with Crippen molar-refractivity contribution in [1.82, 2.24) is 9.55 Å². The van der Waals surface area contributed by atoms with E-state index < -0.39 is 35.8 Å². The average molecular weight is 269 g/mol. The van der Waals surface area contributed by atoms with Gasteiger partial charge in [-0.3, -0.25) is 14.3 Å². The van der Waals surface area contributed by atoms with Crippen LogP contribution in [0.1, 0.15) is 6.23 Å². The van der Waals surface area contributed by atoms with E-state index in [0.29, 0.717) is 0 Å². The molecule has 1 aromatic rings. The van der Waals surface area contributed by atoms with Gasteiger partial charge >= 0.3 is 5.69 Å². The summed E-state index contributed by atoms with van der Waals surface area (Å²) in [6, 6.07) is 1.09. The van der Waals surface area contributed by atoms with Gasteiger partial charge in [0.05, 0.1) is 12.6 Å². The van der Waals surface area contributed by atoms with Gasteiger partial charge in [-0.15, -0.1) is 0 Å². The Morgan fingerprint density at radius 2 is 2.21 bits per heavy atom. The standard InChI is InChI=1S/C9H11N5O5/c10-13-11-3-4-6(16)7(17)8(19-4)14-2-1-5(15)12-9(14)18/h1-2,4,6-8,16-17H,3H2,(H,12,15,18)/t4-,6-,7+,8-/m1/s1. The molecule has 10 heteroatoms. The van der Waals surface area contributed by atoms with Gasteiger partial charge in [0.15, 0.2) is 6.23 Å². The van der Waals surface area contributed by atoms with E-state index in [2.05, 4.69) is 10.0 Å². The molecule has 1 saturated heterocycles. The second-order valence-electron chi connectivity index (χ2n) is 3.98. The molecule has 4 atom stereocenters. The van der Waals surface area contributed by atoms with Crippen LogP contribution in [-0.4, -0.2) is 44.6 Å². The quantitative estimate of drug-likeness (QED) is 0.345. The van der Waals surface area contributed by atoms with Crippen molar-refractivity contribution in [3.05, 3.63) is 43.5 Å².